The number of benzene rings is 1. The third kappa shape index (κ3) is 5.90. The molecule has 0 spiro atoms. The molecule has 0 heterocycles. The lowest BCUT2D eigenvalue weighted by Crippen LogP contribution is -2.23. The Morgan fingerprint density at radius 3 is 2.35 bits per heavy atom. The Hall–Kier alpha value is -2.09. The molecule has 2 N–H and O–H groups in total. The minimum absolute atomic E-state index is 0.0371. The zero-order valence-electron chi connectivity index (χ0n) is 12.7. The lowest BCUT2D eigenvalue weighted by atomic mass is 10.1. The molecule has 1 amide bonds. The van der Waals surface area contributed by atoms with Crippen LogP contribution in [0.3, 0.4) is 0 Å². The van der Waals surface area contributed by atoms with Crippen LogP contribution < -0.4 is 10.1 Å². The highest BCUT2D eigenvalue weighted by Crippen LogP contribution is 2.49. The molecule has 1 saturated carbocycles. The molecular weight excluding hydrogens is 322 g/mol. The average molecular weight is 341 g/mol. The molecule has 0 aromatic heterocycles. The van der Waals surface area contributed by atoms with Crippen LogP contribution in [0, 0.1) is 5.41 Å². The highest BCUT2D eigenvalue weighted by Gasteiger charge is 2.46. The molecule has 23 heavy (non-hydrogen) atoms. The number of ether oxygens (including phenoxy) is 1. The molecule has 126 valence electrons. The summed E-state index contributed by atoms with van der Waals surface area (Å²) in [5.41, 5.74) is 0.134. The van der Waals surface area contributed by atoms with Gasteiger partial charge in [0.15, 0.2) is 6.61 Å². The number of carbonyl (C=O) groups is 2. The molecule has 0 atom stereocenters. The molecule has 8 heteroatoms. The van der Waals surface area contributed by atoms with E-state index in [1.54, 1.807) is 24.3 Å². The van der Waals surface area contributed by atoms with E-state index in [0.29, 0.717) is 11.4 Å². The van der Waals surface area contributed by atoms with E-state index in [1.165, 1.54) is 6.26 Å². The Morgan fingerprint density at radius 1 is 1.26 bits per heavy atom. The first kappa shape index (κ1) is 17.3. The van der Waals surface area contributed by atoms with Crippen LogP contribution in [0.4, 0.5) is 5.69 Å². The summed E-state index contributed by atoms with van der Waals surface area (Å²) in [7, 11) is -3.10. The van der Waals surface area contributed by atoms with Gasteiger partial charge in [-0.15, -0.1) is 0 Å². The molecular formula is C15H19NO6S. The predicted octanol–water partition coefficient (Wildman–Crippen LogP) is 1.30. The second kappa shape index (κ2) is 6.57. The normalized spacial score (nSPS) is 15.7. The van der Waals surface area contributed by atoms with Crippen molar-refractivity contribution in [3.05, 3.63) is 24.3 Å². The van der Waals surface area contributed by atoms with Crippen molar-refractivity contribution in [3.8, 4) is 5.75 Å². The average Bonchev–Trinajstić information content (AvgIpc) is 3.14. The van der Waals surface area contributed by atoms with Crippen molar-refractivity contribution >= 4 is 27.4 Å². The van der Waals surface area contributed by atoms with Crippen LogP contribution in [0.2, 0.25) is 0 Å². The fourth-order valence-electron chi connectivity index (χ4n) is 2.43. The van der Waals surface area contributed by atoms with Crippen molar-refractivity contribution in [3.63, 3.8) is 0 Å². The Labute approximate surface area is 134 Å². The molecule has 2 rings (SSSR count). The van der Waals surface area contributed by atoms with Crippen LogP contribution in [0.15, 0.2) is 24.3 Å². The minimum Gasteiger partial charge on any atom is -0.482 e. The van der Waals surface area contributed by atoms with E-state index in [0.717, 1.165) is 12.8 Å². The number of carboxylic acid groups (broad SMARTS) is 1. The van der Waals surface area contributed by atoms with Crippen LogP contribution in [-0.2, 0) is 19.4 Å². The summed E-state index contributed by atoms with van der Waals surface area (Å²) in [5, 5.41) is 11.2. The summed E-state index contributed by atoms with van der Waals surface area (Å²) < 4.78 is 27.8. The molecule has 1 fully saturated rings. The first-order chi connectivity index (χ1) is 10.7. The topological polar surface area (TPSA) is 110 Å². The first-order valence-corrected chi connectivity index (χ1v) is 9.16. The van der Waals surface area contributed by atoms with Crippen LogP contribution in [0.1, 0.15) is 19.3 Å². The predicted molar refractivity (Wildman–Crippen MR) is 84.2 cm³/mol. The lowest BCUT2D eigenvalue weighted by Gasteiger charge is -2.14. The van der Waals surface area contributed by atoms with E-state index >= 15 is 0 Å². The lowest BCUT2D eigenvalue weighted by molar-refractivity contribution is -0.139. The molecule has 0 radical (unpaired) electrons. The number of carbonyl (C=O) groups excluding carboxylic acids is 1. The van der Waals surface area contributed by atoms with Gasteiger partial charge in [-0.3, -0.25) is 4.79 Å². The quantitative estimate of drug-likeness (QED) is 0.737. The van der Waals surface area contributed by atoms with Crippen LogP contribution in [0.5, 0.6) is 5.75 Å². The van der Waals surface area contributed by atoms with Crippen molar-refractivity contribution in [1.82, 2.24) is 0 Å². The highest BCUT2D eigenvalue weighted by atomic mass is 32.2. The van der Waals surface area contributed by atoms with E-state index in [-0.39, 0.29) is 18.1 Å². The van der Waals surface area contributed by atoms with Crippen molar-refractivity contribution in [1.29, 1.82) is 0 Å². The van der Waals surface area contributed by atoms with Gasteiger partial charge in [-0.2, -0.15) is 0 Å². The van der Waals surface area contributed by atoms with Gasteiger partial charge in [-0.1, -0.05) is 0 Å². The number of rotatable bonds is 8. The van der Waals surface area contributed by atoms with Crippen molar-refractivity contribution in [2.75, 3.05) is 23.9 Å². The number of aliphatic carboxylic acids is 1. The first-order valence-electron chi connectivity index (χ1n) is 7.10. The van der Waals surface area contributed by atoms with Crippen molar-refractivity contribution in [2.24, 2.45) is 5.41 Å². The second-order valence-corrected chi connectivity index (χ2v) is 8.14. The fourth-order valence-corrected chi connectivity index (χ4v) is 3.93. The second-order valence-electron chi connectivity index (χ2n) is 6.00. The zero-order chi connectivity index (χ0) is 17.1. The van der Waals surface area contributed by atoms with E-state index in [1.807, 2.05) is 0 Å². The largest absolute Gasteiger partial charge is 0.482 e. The molecule has 1 aromatic carbocycles. The summed E-state index contributed by atoms with van der Waals surface area (Å²) >= 11 is 0. The summed E-state index contributed by atoms with van der Waals surface area (Å²) in [4.78, 5) is 22.4. The Kier molecular flexibility index (Phi) is 4.93. The van der Waals surface area contributed by atoms with Crippen LogP contribution in [0.25, 0.3) is 0 Å². The van der Waals surface area contributed by atoms with E-state index in [2.05, 4.69) is 5.32 Å². The molecule has 0 saturated heterocycles. The summed E-state index contributed by atoms with van der Waals surface area (Å²) in [6.45, 7) is -0.431. The number of nitrogens with one attached hydrogen (secondary N) is 1. The number of sulfone groups is 1. The smallest absolute Gasteiger partial charge is 0.341 e. The molecule has 0 aliphatic heterocycles. The number of hydrogen-bond acceptors (Lipinski definition) is 5. The van der Waals surface area contributed by atoms with Gasteiger partial charge < -0.3 is 15.2 Å². The molecule has 1 aliphatic rings. The zero-order valence-corrected chi connectivity index (χ0v) is 13.6. The number of anilines is 1. The standard InChI is InChI=1S/C15H19NO6S/c1-23(20,21)10-15(6-7-15)8-13(17)16-11-2-4-12(5-3-11)22-9-14(18)19/h2-5H,6-10H2,1H3,(H,16,17)(H,18,19). The van der Waals surface area contributed by atoms with Gasteiger partial charge in [0.1, 0.15) is 15.6 Å². The van der Waals surface area contributed by atoms with Gasteiger partial charge in [-0.25, -0.2) is 13.2 Å². The van der Waals surface area contributed by atoms with E-state index < -0.39 is 27.8 Å². The maximum Gasteiger partial charge on any atom is 0.341 e. The number of carboxylic acids is 1. The Balaban J connectivity index is 1.87. The molecule has 0 bridgehead atoms. The third-order valence-corrected chi connectivity index (χ3v) is 4.70. The van der Waals surface area contributed by atoms with Crippen LogP contribution in [-0.4, -0.2) is 44.0 Å². The maximum atomic E-state index is 12.0. The van der Waals surface area contributed by atoms with E-state index in [4.69, 9.17) is 9.84 Å². The Morgan fingerprint density at radius 2 is 1.87 bits per heavy atom. The fraction of sp³-hybridized carbons (Fsp3) is 0.467. The van der Waals surface area contributed by atoms with Crippen molar-refractivity contribution in [2.45, 2.75) is 19.3 Å². The van der Waals surface area contributed by atoms with Gasteiger partial charge in [0.2, 0.25) is 5.91 Å². The Bertz CT molecular complexity index is 691. The summed E-state index contributed by atoms with van der Waals surface area (Å²) in [6, 6.07) is 6.32. The SMILES string of the molecule is CS(=O)(=O)CC1(CC(=O)Nc2ccc(OCC(=O)O)cc2)CC1. The minimum atomic E-state index is -3.10. The molecule has 7 nitrogen and oxygen atoms in total. The van der Waals surface area contributed by atoms with Crippen LogP contribution >= 0.6 is 0 Å². The van der Waals surface area contributed by atoms with Gasteiger partial charge in [0, 0.05) is 18.4 Å². The molecule has 0 unspecified atom stereocenters. The van der Waals surface area contributed by atoms with Gasteiger partial charge >= 0.3 is 5.97 Å². The van der Waals surface area contributed by atoms with Gasteiger partial charge in [-0.05, 0) is 42.5 Å². The van der Waals surface area contributed by atoms with Gasteiger partial charge in [0.25, 0.3) is 0 Å². The monoisotopic (exact) mass is 341 g/mol. The van der Waals surface area contributed by atoms with E-state index in [9.17, 15) is 18.0 Å². The molecule has 1 aliphatic carbocycles. The molecule has 1 aromatic rings. The van der Waals surface area contributed by atoms with Crippen molar-refractivity contribution < 1.29 is 27.9 Å². The summed E-state index contributed by atoms with van der Waals surface area (Å²) in [5.74, 6) is -0.871. The third-order valence-electron chi connectivity index (χ3n) is 3.56. The maximum absolute atomic E-state index is 12.0. The van der Waals surface area contributed by atoms with Gasteiger partial charge in [0.05, 0.1) is 5.75 Å². The number of hydrogen-bond donors (Lipinski definition) is 2. The number of amides is 1. The summed E-state index contributed by atoms with van der Waals surface area (Å²) in [6.07, 6.45) is 2.85. The highest BCUT2D eigenvalue weighted by molar-refractivity contribution is 7.90.